The number of nitrogens with zero attached hydrogens (tertiary/aromatic N) is 1. The minimum Gasteiger partial charge on any atom is -0.339 e. The summed E-state index contributed by atoms with van der Waals surface area (Å²) >= 11 is 5.91. The molecule has 26 heavy (non-hydrogen) atoms. The van der Waals surface area contributed by atoms with Crippen molar-refractivity contribution in [2.24, 2.45) is 5.92 Å². The van der Waals surface area contributed by atoms with Crippen molar-refractivity contribution < 1.29 is 9.59 Å². The summed E-state index contributed by atoms with van der Waals surface area (Å²) in [5, 5.41) is 3.67. The van der Waals surface area contributed by atoms with Crippen LogP contribution in [0.4, 0.5) is 5.69 Å². The van der Waals surface area contributed by atoms with E-state index >= 15 is 0 Å². The molecule has 1 aliphatic carbocycles. The monoisotopic (exact) mass is 368 g/mol. The molecule has 1 N–H and O–H groups in total. The Balaban J connectivity index is 1.35. The maximum Gasteiger partial charge on any atom is 0.253 e. The van der Waals surface area contributed by atoms with Crippen LogP contribution in [-0.4, -0.2) is 29.8 Å². The zero-order valence-electron chi connectivity index (χ0n) is 14.5. The number of carbonyl (C=O) groups is 2. The molecule has 0 unspecified atom stereocenters. The average Bonchev–Trinajstić information content (AvgIpc) is 3.27. The molecule has 4 nitrogen and oxygen atoms in total. The van der Waals surface area contributed by atoms with Gasteiger partial charge >= 0.3 is 0 Å². The molecule has 134 valence electrons. The first-order valence-electron chi connectivity index (χ1n) is 9.07. The minimum atomic E-state index is 0.00193. The van der Waals surface area contributed by atoms with Crippen molar-refractivity contribution in [1.29, 1.82) is 0 Å². The topological polar surface area (TPSA) is 49.4 Å². The number of carbonyl (C=O) groups excluding carboxylic acids is 2. The predicted molar refractivity (Wildman–Crippen MR) is 103 cm³/mol. The van der Waals surface area contributed by atoms with Crippen molar-refractivity contribution in [1.82, 2.24) is 4.90 Å². The van der Waals surface area contributed by atoms with Gasteiger partial charge in [-0.1, -0.05) is 23.7 Å². The van der Waals surface area contributed by atoms with E-state index in [0.29, 0.717) is 10.6 Å². The molecule has 2 amide bonds. The van der Waals surface area contributed by atoms with E-state index in [1.807, 2.05) is 29.2 Å². The van der Waals surface area contributed by atoms with Crippen LogP contribution in [-0.2, 0) is 4.79 Å². The number of rotatable bonds is 4. The molecule has 1 aliphatic heterocycles. The lowest BCUT2D eigenvalue weighted by Gasteiger charge is -2.15. The highest BCUT2D eigenvalue weighted by molar-refractivity contribution is 6.30. The standard InChI is InChI=1S/C21H21ClN2O2/c22-16-7-3-14(4-8-16)18-13-19(18)20(25)23-17-9-5-15(6-10-17)21(26)24-11-1-2-12-24/h3-10,18-19H,1-2,11-13H2,(H,23,25)/t18-,19+/m0/s1. The van der Waals surface area contributed by atoms with Crippen LogP contribution in [0.3, 0.4) is 0 Å². The summed E-state index contributed by atoms with van der Waals surface area (Å²) in [5.74, 6) is 0.374. The van der Waals surface area contributed by atoms with Crippen molar-refractivity contribution in [3.8, 4) is 0 Å². The molecular formula is C21H21ClN2O2. The first kappa shape index (κ1) is 17.1. The van der Waals surface area contributed by atoms with E-state index in [4.69, 9.17) is 11.6 Å². The lowest BCUT2D eigenvalue weighted by molar-refractivity contribution is -0.117. The summed E-state index contributed by atoms with van der Waals surface area (Å²) < 4.78 is 0. The van der Waals surface area contributed by atoms with E-state index in [-0.39, 0.29) is 23.7 Å². The summed E-state index contributed by atoms with van der Waals surface area (Å²) in [6.07, 6.45) is 3.02. The summed E-state index contributed by atoms with van der Waals surface area (Å²) in [4.78, 5) is 26.7. The van der Waals surface area contributed by atoms with Crippen molar-refractivity contribution in [2.45, 2.75) is 25.2 Å². The Bertz CT molecular complexity index is 811. The predicted octanol–water partition coefficient (Wildman–Crippen LogP) is 4.32. The molecule has 2 aromatic carbocycles. The molecule has 4 rings (SSSR count). The second kappa shape index (κ2) is 7.12. The molecular weight excluding hydrogens is 348 g/mol. The lowest BCUT2D eigenvalue weighted by Crippen LogP contribution is -2.27. The zero-order chi connectivity index (χ0) is 18.1. The van der Waals surface area contributed by atoms with Gasteiger partial charge in [0.05, 0.1) is 0 Å². The molecule has 5 heteroatoms. The summed E-state index contributed by atoms with van der Waals surface area (Å²) in [6.45, 7) is 1.68. The molecule has 2 aromatic rings. The van der Waals surface area contributed by atoms with Gasteiger partial charge in [-0.2, -0.15) is 0 Å². The van der Waals surface area contributed by atoms with E-state index in [9.17, 15) is 9.59 Å². The summed E-state index contributed by atoms with van der Waals surface area (Å²) in [6, 6.07) is 14.9. The molecule has 2 aliphatic rings. The normalized spacial score (nSPS) is 21.5. The number of anilines is 1. The Labute approximate surface area is 158 Å². The highest BCUT2D eigenvalue weighted by atomic mass is 35.5. The number of amides is 2. The highest BCUT2D eigenvalue weighted by Gasteiger charge is 2.43. The van der Waals surface area contributed by atoms with E-state index < -0.39 is 0 Å². The van der Waals surface area contributed by atoms with Crippen LogP contribution < -0.4 is 5.32 Å². The fourth-order valence-electron chi connectivity index (χ4n) is 3.60. The molecule has 2 atom stereocenters. The largest absolute Gasteiger partial charge is 0.339 e. The molecule has 1 saturated carbocycles. The van der Waals surface area contributed by atoms with Gasteiger partial charge in [0.25, 0.3) is 5.91 Å². The van der Waals surface area contributed by atoms with Crippen LogP contribution in [0.2, 0.25) is 5.02 Å². The van der Waals surface area contributed by atoms with Gasteiger partial charge in [-0.15, -0.1) is 0 Å². The van der Waals surface area contributed by atoms with Crippen molar-refractivity contribution in [3.05, 3.63) is 64.7 Å². The van der Waals surface area contributed by atoms with E-state index in [2.05, 4.69) is 5.32 Å². The van der Waals surface area contributed by atoms with E-state index in [0.717, 1.165) is 43.6 Å². The second-order valence-electron chi connectivity index (χ2n) is 7.07. The fraction of sp³-hybridized carbons (Fsp3) is 0.333. The molecule has 2 fully saturated rings. The molecule has 1 saturated heterocycles. The molecule has 1 heterocycles. The van der Waals surface area contributed by atoms with Gasteiger partial charge in [0.1, 0.15) is 0 Å². The van der Waals surface area contributed by atoms with Crippen LogP contribution >= 0.6 is 11.6 Å². The van der Waals surface area contributed by atoms with Crippen LogP contribution in [0.15, 0.2) is 48.5 Å². The zero-order valence-corrected chi connectivity index (χ0v) is 15.2. The average molecular weight is 369 g/mol. The first-order chi connectivity index (χ1) is 12.6. The SMILES string of the molecule is O=C(Nc1ccc(C(=O)N2CCCC2)cc1)[C@@H]1C[C@H]1c1ccc(Cl)cc1. The van der Waals surface area contributed by atoms with Gasteiger partial charge in [0, 0.05) is 35.3 Å². The molecule has 0 spiro atoms. The van der Waals surface area contributed by atoms with Crippen molar-refractivity contribution in [3.63, 3.8) is 0 Å². The van der Waals surface area contributed by atoms with E-state index in [1.54, 1.807) is 24.3 Å². The van der Waals surface area contributed by atoms with E-state index in [1.165, 1.54) is 0 Å². The lowest BCUT2D eigenvalue weighted by atomic mass is 10.1. The third kappa shape index (κ3) is 3.61. The minimum absolute atomic E-state index is 0.00193. The number of likely N-dealkylation sites (tertiary alicyclic amines) is 1. The molecule has 0 aromatic heterocycles. The van der Waals surface area contributed by atoms with Crippen LogP contribution in [0, 0.1) is 5.92 Å². The highest BCUT2D eigenvalue weighted by Crippen LogP contribution is 2.48. The number of nitrogens with one attached hydrogen (secondary N) is 1. The Kier molecular flexibility index (Phi) is 4.68. The fourth-order valence-corrected chi connectivity index (χ4v) is 3.72. The quantitative estimate of drug-likeness (QED) is 0.873. The number of hydrogen-bond donors (Lipinski definition) is 1. The van der Waals surface area contributed by atoms with Crippen LogP contribution in [0.5, 0.6) is 0 Å². The third-order valence-corrected chi connectivity index (χ3v) is 5.47. The number of benzene rings is 2. The third-order valence-electron chi connectivity index (χ3n) is 5.22. The second-order valence-corrected chi connectivity index (χ2v) is 7.50. The maximum absolute atomic E-state index is 12.4. The van der Waals surface area contributed by atoms with Crippen LogP contribution in [0.25, 0.3) is 0 Å². The Hall–Kier alpha value is -2.33. The molecule has 0 radical (unpaired) electrons. The maximum atomic E-state index is 12.4. The van der Waals surface area contributed by atoms with Crippen molar-refractivity contribution in [2.75, 3.05) is 18.4 Å². The van der Waals surface area contributed by atoms with Gasteiger partial charge in [0.2, 0.25) is 5.91 Å². The number of hydrogen-bond acceptors (Lipinski definition) is 2. The molecule has 0 bridgehead atoms. The van der Waals surface area contributed by atoms with Gasteiger partial charge in [0.15, 0.2) is 0 Å². The van der Waals surface area contributed by atoms with Gasteiger partial charge in [-0.05, 0) is 67.1 Å². The van der Waals surface area contributed by atoms with Crippen molar-refractivity contribution >= 4 is 29.1 Å². The first-order valence-corrected chi connectivity index (χ1v) is 9.45. The smallest absolute Gasteiger partial charge is 0.253 e. The Morgan fingerprint density at radius 1 is 0.962 bits per heavy atom. The summed E-state index contributed by atoms with van der Waals surface area (Å²) in [7, 11) is 0. The van der Waals surface area contributed by atoms with Gasteiger partial charge < -0.3 is 10.2 Å². The summed E-state index contributed by atoms with van der Waals surface area (Å²) in [5.41, 5.74) is 2.56. The number of halogens is 1. The van der Waals surface area contributed by atoms with Gasteiger partial charge in [-0.25, -0.2) is 0 Å². The van der Waals surface area contributed by atoms with Crippen LogP contribution in [0.1, 0.15) is 41.1 Å². The Morgan fingerprint density at radius 3 is 2.27 bits per heavy atom. The van der Waals surface area contributed by atoms with Gasteiger partial charge in [-0.3, -0.25) is 9.59 Å². The Morgan fingerprint density at radius 2 is 1.62 bits per heavy atom.